The van der Waals surface area contributed by atoms with Crippen molar-refractivity contribution in [3.05, 3.63) is 46.9 Å². The first-order valence-electron chi connectivity index (χ1n) is 11.1. The summed E-state index contributed by atoms with van der Waals surface area (Å²) in [5.41, 5.74) is 1.32. The highest BCUT2D eigenvalue weighted by Gasteiger charge is 2.30. The fraction of sp³-hybridized carbons (Fsp3) is 0.478. The van der Waals surface area contributed by atoms with Crippen molar-refractivity contribution >= 4 is 28.7 Å². The first-order chi connectivity index (χ1) is 15.1. The van der Waals surface area contributed by atoms with Crippen LogP contribution in [0.15, 0.2) is 46.5 Å². The lowest BCUT2D eigenvalue weighted by atomic mass is 10.1. The van der Waals surface area contributed by atoms with Gasteiger partial charge in [0.25, 0.3) is 5.56 Å². The monoisotopic (exact) mass is 439 g/mol. The molecule has 3 aromatic rings. The standard InChI is InChI=1S/C23H29N5O2S/c1-3-5-12-26(13-6-4-2)20(29)14-18-16-31-23-25-21-19(22(30)27(18)23)15-24-28(21)17-10-8-7-9-11-17/h7-11,15,18H,3-6,12-14,16H2,1-2H3. The second-order valence-electron chi connectivity index (χ2n) is 7.96. The van der Waals surface area contributed by atoms with Crippen LogP contribution in [0.3, 0.4) is 0 Å². The molecule has 4 rings (SSSR count). The summed E-state index contributed by atoms with van der Waals surface area (Å²) >= 11 is 1.54. The Kier molecular flexibility index (Phi) is 6.75. The molecule has 1 aromatic carbocycles. The predicted octanol–water partition coefficient (Wildman–Crippen LogP) is 4.05. The molecule has 0 spiro atoms. The number of fused-ring (bicyclic) bond motifs is 2. The van der Waals surface area contributed by atoms with E-state index >= 15 is 0 Å². The van der Waals surface area contributed by atoms with Gasteiger partial charge in [-0.15, -0.1) is 0 Å². The highest BCUT2D eigenvalue weighted by Crippen LogP contribution is 2.33. The van der Waals surface area contributed by atoms with Gasteiger partial charge in [-0.2, -0.15) is 5.10 Å². The molecule has 0 saturated heterocycles. The summed E-state index contributed by atoms with van der Waals surface area (Å²) in [7, 11) is 0. The van der Waals surface area contributed by atoms with E-state index < -0.39 is 0 Å². The maximum atomic E-state index is 13.3. The Labute approximate surface area is 186 Å². The van der Waals surface area contributed by atoms with E-state index in [-0.39, 0.29) is 17.5 Å². The number of unbranched alkanes of at least 4 members (excludes halogenated alkanes) is 2. The Bertz CT molecular complexity index is 1100. The van der Waals surface area contributed by atoms with E-state index in [1.165, 1.54) is 0 Å². The van der Waals surface area contributed by atoms with Crippen molar-refractivity contribution in [2.24, 2.45) is 0 Å². The average Bonchev–Trinajstić information content (AvgIpc) is 3.39. The summed E-state index contributed by atoms with van der Waals surface area (Å²) < 4.78 is 3.41. The molecule has 0 aliphatic carbocycles. The van der Waals surface area contributed by atoms with Gasteiger partial charge in [0.15, 0.2) is 10.8 Å². The van der Waals surface area contributed by atoms with Gasteiger partial charge in [-0.05, 0) is 25.0 Å². The van der Waals surface area contributed by atoms with Gasteiger partial charge < -0.3 is 4.90 Å². The van der Waals surface area contributed by atoms with Gasteiger partial charge in [0.2, 0.25) is 5.91 Å². The second-order valence-corrected chi connectivity index (χ2v) is 8.94. The van der Waals surface area contributed by atoms with Crippen LogP contribution >= 0.6 is 11.8 Å². The molecule has 8 heteroatoms. The Morgan fingerprint density at radius 2 is 1.87 bits per heavy atom. The summed E-state index contributed by atoms with van der Waals surface area (Å²) in [6.45, 7) is 5.85. The third-order valence-corrected chi connectivity index (χ3v) is 6.80. The number of para-hydroxylation sites is 1. The molecule has 1 atom stereocenters. The number of benzene rings is 1. The number of carbonyl (C=O) groups excluding carboxylic acids is 1. The van der Waals surface area contributed by atoms with E-state index in [4.69, 9.17) is 4.98 Å². The van der Waals surface area contributed by atoms with E-state index in [0.717, 1.165) is 44.5 Å². The molecule has 3 heterocycles. The molecule has 0 radical (unpaired) electrons. The topological polar surface area (TPSA) is 73.0 Å². The normalized spacial score (nSPS) is 15.4. The molecule has 2 aromatic heterocycles. The zero-order chi connectivity index (χ0) is 21.8. The number of thioether (sulfide) groups is 1. The Balaban J connectivity index is 1.61. The van der Waals surface area contributed by atoms with Crippen molar-refractivity contribution < 1.29 is 4.79 Å². The van der Waals surface area contributed by atoms with Crippen molar-refractivity contribution in [2.75, 3.05) is 18.8 Å². The lowest BCUT2D eigenvalue weighted by Crippen LogP contribution is -2.36. The van der Waals surface area contributed by atoms with Crippen LogP contribution in [0.1, 0.15) is 52.0 Å². The van der Waals surface area contributed by atoms with Crippen LogP contribution < -0.4 is 5.56 Å². The largest absolute Gasteiger partial charge is 0.343 e. The SMILES string of the molecule is CCCCN(CCCC)C(=O)CC1CSc2nc3c(cnn3-c3ccccc3)c(=O)n21. The van der Waals surface area contributed by atoms with E-state index in [9.17, 15) is 9.59 Å². The molecular formula is C23H29N5O2S. The lowest BCUT2D eigenvalue weighted by Gasteiger charge is -2.24. The Morgan fingerprint density at radius 1 is 1.16 bits per heavy atom. The molecular weight excluding hydrogens is 410 g/mol. The van der Waals surface area contributed by atoms with Crippen molar-refractivity contribution in [3.63, 3.8) is 0 Å². The van der Waals surface area contributed by atoms with Crippen molar-refractivity contribution in [3.8, 4) is 5.69 Å². The van der Waals surface area contributed by atoms with Gasteiger partial charge in [0, 0.05) is 25.3 Å². The number of amides is 1. The highest BCUT2D eigenvalue weighted by atomic mass is 32.2. The number of hydrogen-bond donors (Lipinski definition) is 0. The smallest absolute Gasteiger partial charge is 0.265 e. The zero-order valence-corrected chi connectivity index (χ0v) is 19.0. The summed E-state index contributed by atoms with van der Waals surface area (Å²) in [4.78, 5) is 33.1. The van der Waals surface area contributed by atoms with Crippen LogP contribution in [0, 0.1) is 0 Å². The average molecular weight is 440 g/mol. The molecule has 1 aliphatic rings. The van der Waals surface area contributed by atoms with Crippen molar-refractivity contribution in [1.82, 2.24) is 24.2 Å². The van der Waals surface area contributed by atoms with Crippen molar-refractivity contribution in [1.29, 1.82) is 0 Å². The van der Waals surface area contributed by atoms with Gasteiger partial charge >= 0.3 is 0 Å². The number of hydrogen-bond acceptors (Lipinski definition) is 5. The third-order valence-electron chi connectivity index (χ3n) is 5.70. The number of aromatic nitrogens is 4. The van der Waals surface area contributed by atoms with E-state index in [1.807, 2.05) is 35.2 Å². The van der Waals surface area contributed by atoms with Gasteiger partial charge in [-0.25, -0.2) is 9.67 Å². The van der Waals surface area contributed by atoms with Crippen LogP contribution in [0.25, 0.3) is 16.7 Å². The van der Waals surface area contributed by atoms with Crippen LogP contribution in [-0.4, -0.2) is 49.0 Å². The molecule has 0 N–H and O–H groups in total. The van der Waals surface area contributed by atoms with Gasteiger partial charge in [0.1, 0.15) is 5.39 Å². The summed E-state index contributed by atoms with van der Waals surface area (Å²) in [5, 5.41) is 5.56. The molecule has 1 aliphatic heterocycles. The van der Waals surface area contributed by atoms with Gasteiger partial charge in [-0.3, -0.25) is 14.2 Å². The molecule has 0 saturated carbocycles. The van der Waals surface area contributed by atoms with Crippen LogP contribution in [0.5, 0.6) is 0 Å². The van der Waals surface area contributed by atoms with Gasteiger partial charge in [0.05, 0.1) is 17.9 Å². The maximum Gasteiger partial charge on any atom is 0.265 e. The second kappa shape index (κ2) is 9.68. The molecule has 0 fully saturated rings. The fourth-order valence-electron chi connectivity index (χ4n) is 3.93. The third kappa shape index (κ3) is 4.39. The minimum Gasteiger partial charge on any atom is -0.343 e. The molecule has 0 bridgehead atoms. The van der Waals surface area contributed by atoms with E-state index in [1.54, 1.807) is 27.2 Å². The summed E-state index contributed by atoms with van der Waals surface area (Å²) in [6.07, 6.45) is 6.06. The molecule has 31 heavy (non-hydrogen) atoms. The van der Waals surface area contributed by atoms with Crippen LogP contribution in [0.2, 0.25) is 0 Å². The molecule has 164 valence electrons. The number of carbonyl (C=O) groups is 1. The van der Waals surface area contributed by atoms with Crippen molar-refractivity contribution in [2.45, 2.75) is 57.1 Å². The molecule has 1 amide bonds. The Hall–Kier alpha value is -2.61. The first kappa shape index (κ1) is 21.6. The summed E-state index contributed by atoms with van der Waals surface area (Å²) in [5.74, 6) is 0.821. The van der Waals surface area contributed by atoms with E-state index in [2.05, 4.69) is 18.9 Å². The number of rotatable bonds is 9. The van der Waals surface area contributed by atoms with Crippen LogP contribution in [-0.2, 0) is 4.79 Å². The highest BCUT2D eigenvalue weighted by molar-refractivity contribution is 7.99. The number of nitrogens with zero attached hydrogens (tertiary/aromatic N) is 5. The Morgan fingerprint density at radius 3 is 2.55 bits per heavy atom. The van der Waals surface area contributed by atoms with Crippen LogP contribution in [0.4, 0.5) is 0 Å². The van der Waals surface area contributed by atoms with Gasteiger partial charge in [-0.1, -0.05) is 56.7 Å². The fourth-order valence-corrected chi connectivity index (χ4v) is 5.06. The summed E-state index contributed by atoms with van der Waals surface area (Å²) in [6, 6.07) is 9.52. The first-order valence-corrected chi connectivity index (χ1v) is 12.1. The minimum atomic E-state index is -0.164. The quantitative estimate of drug-likeness (QED) is 0.470. The predicted molar refractivity (Wildman–Crippen MR) is 124 cm³/mol. The molecule has 1 unspecified atom stereocenters. The lowest BCUT2D eigenvalue weighted by molar-refractivity contribution is -0.132. The zero-order valence-electron chi connectivity index (χ0n) is 18.2. The minimum absolute atomic E-state index is 0.112. The van der Waals surface area contributed by atoms with E-state index in [0.29, 0.717) is 28.4 Å². The molecule has 7 nitrogen and oxygen atoms in total. The maximum absolute atomic E-state index is 13.3.